The van der Waals surface area contributed by atoms with Crippen molar-refractivity contribution in [3.05, 3.63) is 22.2 Å². The van der Waals surface area contributed by atoms with Crippen molar-refractivity contribution in [3.8, 4) is 11.5 Å². The monoisotopic (exact) mass is 355 g/mol. The smallest absolute Gasteiger partial charge is 0.231 e. The van der Waals surface area contributed by atoms with Gasteiger partial charge >= 0.3 is 0 Å². The lowest BCUT2D eigenvalue weighted by atomic mass is 9.77. The molecule has 0 atom stereocenters. The number of halogens is 1. The van der Waals surface area contributed by atoms with Crippen molar-refractivity contribution in [2.24, 2.45) is 5.92 Å². The molecule has 0 aromatic heterocycles. The van der Waals surface area contributed by atoms with Crippen LogP contribution >= 0.6 is 15.9 Å². The summed E-state index contributed by atoms with van der Waals surface area (Å²) in [7, 11) is 0. The molecular formula is C16H22BrNO3. The molecule has 0 radical (unpaired) electrons. The van der Waals surface area contributed by atoms with Crippen molar-refractivity contribution in [1.82, 2.24) is 5.32 Å². The molecule has 0 unspecified atom stereocenters. The van der Waals surface area contributed by atoms with Crippen LogP contribution in [-0.4, -0.2) is 24.0 Å². The highest BCUT2D eigenvalue weighted by atomic mass is 79.9. The highest BCUT2D eigenvalue weighted by molar-refractivity contribution is 9.10. The van der Waals surface area contributed by atoms with Gasteiger partial charge in [-0.25, -0.2) is 0 Å². The van der Waals surface area contributed by atoms with Gasteiger partial charge in [-0.3, -0.25) is 0 Å². The van der Waals surface area contributed by atoms with Gasteiger partial charge in [0.25, 0.3) is 0 Å². The molecule has 1 aromatic carbocycles. The first kappa shape index (κ1) is 15.1. The maximum absolute atomic E-state index is 9.80. The largest absolute Gasteiger partial charge is 0.454 e. The second kappa shape index (κ2) is 6.15. The molecule has 3 rings (SSSR count). The van der Waals surface area contributed by atoms with Crippen molar-refractivity contribution >= 4 is 15.9 Å². The van der Waals surface area contributed by atoms with E-state index < -0.39 is 0 Å². The van der Waals surface area contributed by atoms with Crippen molar-refractivity contribution in [1.29, 1.82) is 0 Å². The number of hydrogen-bond acceptors (Lipinski definition) is 4. The van der Waals surface area contributed by atoms with Gasteiger partial charge in [-0.1, -0.05) is 6.92 Å². The standard InChI is InChI=1S/C16H22BrNO3/c1-11-2-4-16(9-19,5-3-11)18-8-12-6-13(17)15-14(7-12)20-10-21-15/h6-7,11,18-19H,2-5,8-10H2,1H3. The third-order valence-electron chi connectivity index (χ3n) is 4.69. The summed E-state index contributed by atoms with van der Waals surface area (Å²) in [5.74, 6) is 2.34. The molecule has 0 spiro atoms. The maximum atomic E-state index is 9.80. The van der Waals surface area contributed by atoms with Gasteiger partial charge in [0.1, 0.15) is 0 Å². The van der Waals surface area contributed by atoms with E-state index >= 15 is 0 Å². The van der Waals surface area contributed by atoms with E-state index in [9.17, 15) is 5.11 Å². The van der Waals surface area contributed by atoms with Gasteiger partial charge in [-0.15, -0.1) is 0 Å². The van der Waals surface area contributed by atoms with Crippen LogP contribution < -0.4 is 14.8 Å². The number of benzene rings is 1. The molecule has 1 aliphatic heterocycles. The van der Waals surface area contributed by atoms with Crippen LogP contribution in [0.25, 0.3) is 0 Å². The fourth-order valence-electron chi connectivity index (χ4n) is 3.12. The molecule has 116 valence electrons. The highest BCUT2D eigenvalue weighted by Crippen LogP contribution is 2.40. The Balaban J connectivity index is 1.68. The second-order valence-corrected chi connectivity index (χ2v) is 7.14. The summed E-state index contributed by atoms with van der Waals surface area (Å²) in [5.41, 5.74) is 1.01. The summed E-state index contributed by atoms with van der Waals surface area (Å²) in [5, 5.41) is 13.4. The van der Waals surface area contributed by atoms with E-state index in [2.05, 4.69) is 34.2 Å². The quantitative estimate of drug-likeness (QED) is 0.870. The van der Waals surface area contributed by atoms with Crippen LogP contribution in [-0.2, 0) is 6.54 Å². The number of aliphatic hydroxyl groups excluding tert-OH is 1. The third kappa shape index (κ3) is 3.20. The Bertz CT molecular complexity index is 512. The average molecular weight is 356 g/mol. The van der Waals surface area contributed by atoms with Crippen molar-refractivity contribution in [2.75, 3.05) is 13.4 Å². The van der Waals surface area contributed by atoms with Gasteiger partial charge in [0, 0.05) is 12.1 Å². The van der Waals surface area contributed by atoms with Crippen molar-refractivity contribution < 1.29 is 14.6 Å². The molecule has 2 N–H and O–H groups in total. The Hall–Kier alpha value is -0.780. The molecule has 5 heteroatoms. The van der Waals surface area contributed by atoms with Gasteiger partial charge in [0.2, 0.25) is 6.79 Å². The zero-order valence-corrected chi connectivity index (χ0v) is 13.9. The Morgan fingerprint density at radius 2 is 2.10 bits per heavy atom. The highest BCUT2D eigenvalue weighted by Gasteiger charge is 2.33. The van der Waals surface area contributed by atoms with Crippen LogP contribution in [0.2, 0.25) is 0 Å². The third-order valence-corrected chi connectivity index (χ3v) is 5.28. The Kier molecular flexibility index (Phi) is 4.43. The van der Waals surface area contributed by atoms with Crippen LogP contribution in [0, 0.1) is 5.92 Å². The molecule has 1 aliphatic carbocycles. The van der Waals surface area contributed by atoms with Crippen LogP contribution in [0.15, 0.2) is 16.6 Å². The SMILES string of the molecule is CC1CCC(CO)(NCc2cc(Br)c3c(c2)OCO3)CC1. The number of ether oxygens (including phenoxy) is 2. The number of nitrogens with one attached hydrogen (secondary N) is 1. The maximum Gasteiger partial charge on any atom is 0.231 e. The van der Waals surface area contributed by atoms with Gasteiger partial charge in [-0.05, 0) is 65.2 Å². The van der Waals surface area contributed by atoms with E-state index in [1.54, 1.807) is 0 Å². The summed E-state index contributed by atoms with van der Waals surface area (Å²) < 4.78 is 11.8. The lowest BCUT2D eigenvalue weighted by Crippen LogP contribution is -2.50. The molecule has 1 saturated carbocycles. The summed E-state index contributed by atoms with van der Waals surface area (Å²) in [6, 6.07) is 4.06. The zero-order chi connectivity index (χ0) is 14.9. The molecule has 0 bridgehead atoms. The molecule has 2 aliphatic rings. The average Bonchev–Trinajstić information content (AvgIpc) is 2.96. The Morgan fingerprint density at radius 1 is 1.33 bits per heavy atom. The lowest BCUT2D eigenvalue weighted by molar-refractivity contribution is 0.104. The second-order valence-electron chi connectivity index (χ2n) is 6.29. The summed E-state index contributed by atoms with van der Waals surface area (Å²) in [6.07, 6.45) is 4.43. The summed E-state index contributed by atoms with van der Waals surface area (Å²) >= 11 is 3.52. The lowest BCUT2D eigenvalue weighted by Gasteiger charge is -2.39. The van der Waals surface area contributed by atoms with E-state index in [-0.39, 0.29) is 18.9 Å². The van der Waals surface area contributed by atoms with Crippen molar-refractivity contribution in [2.45, 2.75) is 44.7 Å². The topological polar surface area (TPSA) is 50.7 Å². The van der Waals surface area contributed by atoms with Crippen LogP contribution in [0.4, 0.5) is 0 Å². The molecule has 0 saturated heterocycles. The fraction of sp³-hybridized carbons (Fsp3) is 0.625. The predicted octanol–water partition coefficient (Wildman–Crippen LogP) is 3.21. The normalized spacial score (nSPS) is 27.9. The van der Waals surface area contributed by atoms with Gasteiger partial charge in [0.05, 0.1) is 11.1 Å². The first-order valence-electron chi connectivity index (χ1n) is 7.56. The van der Waals surface area contributed by atoms with E-state index in [0.717, 1.165) is 46.8 Å². The minimum Gasteiger partial charge on any atom is -0.454 e. The van der Waals surface area contributed by atoms with Crippen molar-refractivity contribution in [3.63, 3.8) is 0 Å². The molecular weight excluding hydrogens is 334 g/mol. The predicted molar refractivity (Wildman–Crippen MR) is 84.6 cm³/mol. The van der Waals surface area contributed by atoms with E-state index in [1.165, 1.54) is 12.8 Å². The first-order valence-corrected chi connectivity index (χ1v) is 8.35. The molecule has 1 fully saturated rings. The number of hydrogen-bond donors (Lipinski definition) is 2. The van der Waals surface area contributed by atoms with E-state index in [1.807, 2.05) is 6.07 Å². The molecule has 21 heavy (non-hydrogen) atoms. The summed E-state index contributed by atoms with van der Waals surface area (Å²) in [4.78, 5) is 0. The van der Waals surface area contributed by atoms with Crippen LogP contribution in [0.1, 0.15) is 38.2 Å². The zero-order valence-electron chi connectivity index (χ0n) is 12.3. The molecule has 1 heterocycles. The van der Waals surface area contributed by atoms with Crippen LogP contribution in [0.3, 0.4) is 0 Å². The van der Waals surface area contributed by atoms with Gasteiger partial charge in [-0.2, -0.15) is 0 Å². The summed E-state index contributed by atoms with van der Waals surface area (Å²) in [6.45, 7) is 3.50. The van der Waals surface area contributed by atoms with E-state index in [4.69, 9.17) is 9.47 Å². The molecule has 4 nitrogen and oxygen atoms in total. The van der Waals surface area contributed by atoms with Gasteiger partial charge in [0.15, 0.2) is 11.5 Å². The molecule has 1 aromatic rings. The fourth-order valence-corrected chi connectivity index (χ4v) is 3.72. The van der Waals surface area contributed by atoms with E-state index in [0.29, 0.717) is 0 Å². The minimum absolute atomic E-state index is 0.130. The number of aliphatic hydroxyl groups is 1. The first-order chi connectivity index (χ1) is 10.1. The Labute approximate surface area is 134 Å². The number of fused-ring (bicyclic) bond motifs is 1. The van der Waals surface area contributed by atoms with Crippen LogP contribution in [0.5, 0.6) is 11.5 Å². The minimum atomic E-state index is -0.130. The number of rotatable bonds is 4. The molecule has 0 amide bonds. The Morgan fingerprint density at radius 3 is 2.81 bits per heavy atom. The van der Waals surface area contributed by atoms with Gasteiger partial charge < -0.3 is 19.9 Å².